The molecule has 162 valence electrons. The molecule has 1 aliphatic rings. The maximum atomic E-state index is 12.9. The first kappa shape index (κ1) is 21.2. The van der Waals surface area contributed by atoms with Crippen LogP contribution in [0.2, 0.25) is 0 Å². The topological polar surface area (TPSA) is 82.4 Å². The van der Waals surface area contributed by atoms with E-state index in [1.165, 1.54) is 12.1 Å². The molecule has 0 saturated carbocycles. The van der Waals surface area contributed by atoms with Crippen LogP contribution in [0.25, 0.3) is 22.6 Å². The van der Waals surface area contributed by atoms with Crippen molar-refractivity contribution in [1.29, 1.82) is 0 Å². The van der Waals surface area contributed by atoms with Gasteiger partial charge in [0.15, 0.2) is 5.82 Å². The Kier molecular flexibility index (Phi) is 5.88. The summed E-state index contributed by atoms with van der Waals surface area (Å²) in [5, 5.41) is 19.7. The van der Waals surface area contributed by atoms with Gasteiger partial charge in [-0.2, -0.15) is 13.2 Å². The Morgan fingerprint density at radius 1 is 1.06 bits per heavy atom. The zero-order valence-electron chi connectivity index (χ0n) is 16.5. The van der Waals surface area contributed by atoms with Gasteiger partial charge in [0.2, 0.25) is 0 Å². The maximum Gasteiger partial charge on any atom is 0.416 e. The highest BCUT2D eigenvalue weighted by atomic mass is 19.4. The molecule has 0 aliphatic carbocycles. The molecule has 0 radical (unpaired) electrons. The molecule has 4 rings (SSSR count). The molecule has 2 N–H and O–H groups in total. The largest absolute Gasteiger partial charge is 0.416 e. The molecule has 31 heavy (non-hydrogen) atoms. The van der Waals surface area contributed by atoms with Crippen LogP contribution in [0.15, 0.2) is 54.9 Å². The molecule has 9 heteroatoms. The lowest BCUT2D eigenvalue weighted by molar-refractivity contribution is -0.137. The number of aliphatic hydroxyl groups excluding tert-OH is 2. The number of pyridine rings is 1. The van der Waals surface area contributed by atoms with Crippen molar-refractivity contribution in [1.82, 2.24) is 15.0 Å². The third-order valence-corrected chi connectivity index (χ3v) is 5.42. The van der Waals surface area contributed by atoms with Crippen LogP contribution in [0, 0.1) is 5.92 Å². The van der Waals surface area contributed by atoms with Crippen LogP contribution in [0.5, 0.6) is 0 Å². The number of β-amino-alcohol motifs (C(OH)–C–C–N with tert-alkyl or cyclic N) is 1. The molecule has 3 heterocycles. The van der Waals surface area contributed by atoms with E-state index in [9.17, 15) is 23.4 Å². The van der Waals surface area contributed by atoms with Crippen LogP contribution in [0.4, 0.5) is 19.0 Å². The predicted octanol–water partition coefficient (Wildman–Crippen LogP) is 3.40. The summed E-state index contributed by atoms with van der Waals surface area (Å²) in [6.07, 6.45) is -1.28. The lowest BCUT2D eigenvalue weighted by atomic mass is 9.95. The Hall–Kier alpha value is -3.04. The van der Waals surface area contributed by atoms with Gasteiger partial charge in [-0.05, 0) is 30.7 Å². The summed E-state index contributed by atoms with van der Waals surface area (Å²) >= 11 is 0. The zero-order chi connectivity index (χ0) is 22.0. The fraction of sp³-hybridized carbons (Fsp3) is 0.318. The lowest BCUT2D eigenvalue weighted by Crippen LogP contribution is -2.45. The number of halogens is 3. The van der Waals surface area contributed by atoms with Gasteiger partial charge in [0.25, 0.3) is 0 Å². The fourth-order valence-electron chi connectivity index (χ4n) is 3.60. The number of nitrogens with zero attached hydrogens (tertiary/aromatic N) is 4. The Labute approximate surface area is 177 Å². The molecule has 1 saturated heterocycles. The number of anilines is 1. The third kappa shape index (κ3) is 4.67. The first-order valence-electron chi connectivity index (χ1n) is 9.86. The van der Waals surface area contributed by atoms with Gasteiger partial charge in [-0.3, -0.25) is 4.98 Å². The third-order valence-electron chi connectivity index (χ3n) is 5.42. The maximum absolute atomic E-state index is 12.9. The van der Waals surface area contributed by atoms with Crippen LogP contribution in [0.1, 0.15) is 12.0 Å². The average molecular weight is 430 g/mol. The van der Waals surface area contributed by atoms with Crippen molar-refractivity contribution in [3.05, 3.63) is 60.4 Å². The number of aromatic nitrogens is 3. The molecule has 0 spiro atoms. The minimum atomic E-state index is -4.41. The van der Waals surface area contributed by atoms with Crippen molar-refractivity contribution in [2.75, 3.05) is 24.6 Å². The highest BCUT2D eigenvalue weighted by Gasteiger charge is 2.30. The summed E-state index contributed by atoms with van der Waals surface area (Å²) in [4.78, 5) is 15.2. The van der Waals surface area contributed by atoms with Crippen molar-refractivity contribution >= 4 is 5.82 Å². The number of benzene rings is 1. The van der Waals surface area contributed by atoms with Gasteiger partial charge in [-0.1, -0.05) is 12.1 Å². The quantitative estimate of drug-likeness (QED) is 0.660. The van der Waals surface area contributed by atoms with E-state index in [0.29, 0.717) is 48.0 Å². The zero-order valence-corrected chi connectivity index (χ0v) is 16.5. The van der Waals surface area contributed by atoms with E-state index < -0.39 is 17.8 Å². The second-order valence-corrected chi connectivity index (χ2v) is 7.50. The van der Waals surface area contributed by atoms with E-state index in [4.69, 9.17) is 0 Å². The van der Waals surface area contributed by atoms with E-state index in [0.717, 1.165) is 12.1 Å². The minimum Gasteiger partial charge on any atom is -0.396 e. The van der Waals surface area contributed by atoms with Crippen molar-refractivity contribution in [2.45, 2.75) is 18.7 Å². The van der Waals surface area contributed by atoms with Crippen molar-refractivity contribution < 1.29 is 23.4 Å². The Morgan fingerprint density at radius 2 is 1.84 bits per heavy atom. The summed E-state index contributed by atoms with van der Waals surface area (Å²) < 4.78 is 38.8. The number of piperidine rings is 1. The number of hydrogen-bond donors (Lipinski definition) is 2. The molecule has 1 fully saturated rings. The normalized spacial score (nSPS) is 19.5. The highest BCUT2D eigenvalue weighted by Crippen LogP contribution is 2.32. The number of alkyl halides is 3. The summed E-state index contributed by atoms with van der Waals surface area (Å²) in [7, 11) is 0. The van der Waals surface area contributed by atoms with E-state index in [1.807, 2.05) is 4.90 Å². The van der Waals surface area contributed by atoms with Crippen molar-refractivity contribution in [3.8, 4) is 22.6 Å². The monoisotopic (exact) mass is 430 g/mol. The van der Waals surface area contributed by atoms with E-state index in [-0.39, 0.29) is 12.5 Å². The van der Waals surface area contributed by atoms with Crippen LogP contribution in [-0.2, 0) is 6.18 Å². The molecular formula is C22H21F3N4O2. The van der Waals surface area contributed by atoms with Gasteiger partial charge in [-0.25, -0.2) is 9.97 Å². The Morgan fingerprint density at radius 3 is 2.45 bits per heavy atom. The van der Waals surface area contributed by atoms with Crippen molar-refractivity contribution in [3.63, 3.8) is 0 Å². The molecule has 6 nitrogen and oxygen atoms in total. The van der Waals surface area contributed by atoms with Crippen LogP contribution in [0.3, 0.4) is 0 Å². The summed E-state index contributed by atoms with van der Waals surface area (Å²) in [5.74, 6) is 0.753. The van der Waals surface area contributed by atoms with E-state index >= 15 is 0 Å². The molecule has 0 bridgehead atoms. The molecule has 2 atom stereocenters. The van der Waals surface area contributed by atoms with Gasteiger partial charge in [0, 0.05) is 55.2 Å². The van der Waals surface area contributed by atoms with Crippen molar-refractivity contribution in [2.24, 2.45) is 5.92 Å². The molecular weight excluding hydrogens is 409 g/mol. The van der Waals surface area contributed by atoms with Gasteiger partial charge < -0.3 is 15.1 Å². The lowest BCUT2D eigenvalue weighted by Gasteiger charge is -2.36. The second kappa shape index (κ2) is 8.60. The summed E-state index contributed by atoms with van der Waals surface area (Å²) in [6, 6.07) is 10.1. The average Bonchev–Trinajstić information content (AvgIpc) is 2.79. The molecule has 2 aromatic heterocycles. The second-order valence-electron chi connectivity index (χ2n) is 7.50. The first-order valence-corrected chi connectivity index (χ1v) is 9.86. The fourth-order valence-corrected chi connectivity index (χ4v) is 3.60. The van der Waals surface area contributed by atoms with Gasteiger partial charge in [0.05, 0.1) is 17.4 Å². The SMILES string of the molecule is OC[C@@H]1CCN(c2cc(-c3ccc(C(F)(F)F)cc3)nc(-c3cccnc3)n2)C[C@H]1O. The van der Waals surface area contributed by atoms with Crippen LogP contribution in [-0.4, -0.2) is 51.0 Å². The molecule has 1 aromatic carbocycles. The van der Waals surface area contributed by atoms with Gasteiger partial charge in [-0.15, -0.1) is 0 Å². The first-order chi connectivity index (χ1) is 14.8. The van der Waals surface area contributed by atoms with Crippen LogP contribution < -0.4 is 4.90 Å². The highest BCUT2D eigenvalue weighted by molar-refractivity contribution is 5.68. The number of hydrogen-bond acceptors (Lipinski definition) is 6. The number of rotatable bonds is 4. The molecule has 0 unspecified atom stereocenters. The Bertz CT molecular complexity index is 1030. The molecule has 0 amide bonds. The van der Waals surface area contributed by atoms with Gasteiger partial charge >= 0.3 is 6.18 Å². The standard InChI is InChI=1S/C22H21F3N4O2/c23-22(24,25)17-5-3-14(4-6-17)18-10-20(29-9-7-16(13-30)19(31)12-29)28-21(27-18)15-2-1-8-26-11-15/h1-6,8,10-11,16,19,30-31H,7,9,12-13H2/t16-,19+/m0/s1. The van der Waals surface area contributed by atoms with E-state index in [2.05, 4.69) is 15.0 Å². The van der Waals surface area contributed by atoms with Gasteiger partial charge in [0.1, 0.15) is 5.82 Å². The summed E-state index contributed by atoms with van der Waals surface area (Å²) in [6.45, 7) is 0.788. The smallest absolute Gasteiger partial charge is 0.396 e. The molecule has 1 aliphatic heterocycles. The molecule has 3 aromatic rings. The van der Waals surface area contributed by atoms with Crippen LogP contribution >= 0.6 is 0 Å². The summed E-state index contributed by atoms with van der Waals surface area (Å²) in [5.41, 5.74) is 0.930. The predicted molar refractivity (Wildman–Crippen MR) is 109 cm³/mol. The van der Waals surface area contributed by atoms with E-state index in [1.54, 1.807) is 30.6 Å². The Balaban J connectivity index is 1.74. The number of aliphatic hydroxyl groups is 2. The minimum absolute atomic E-state index is 0.0868.